The molecular weight excluding hydrogens is 180 g/mol. The monoisotopic (exact) mass is 192 g/mol. The van der Waals surface area contributed by atoms with Gasteiger partial charge in [-0.25, -0.2) is 0 Å². The van der Waals surface area contributed by atoms with Crippen LogP contribution < -0.4 is 10.6 Å². The number of hydrogen-bond acceptors (Lipinski definition) is 4. The summed E-state index contributed by atoms with van der Waals surface area (Å²) in [4.78, 5) is 10.7. The van der Waals surface area contributed by atoms with Crippen LogP contribution in [0.25, 0.3) is 0 Å². The first-order valence-corrected chi connectivity index (χ1v) is 4.53. The Morgan fingerprint density at radius 2 is 2.14 bits per heavy atom. The van der Waals surface area contributed by atoms with Crippen LogP contribution in [-0.4, -0.2) is 24.1 Å². The molecule has 0 bridgehead atoms. The molecule has 1 heterocycles. The Balaban J connectivity index is 2.30. The van der Waals surface area contributed by atoms with Crippen LogP contribution in [0.4, 0.5) is 0 Å². The molecule has 0 radical (unpaired) electrons. The quantitative estimate of drug-likeness (QED) is 0.584. The maximum atomic E-state index is 10.7. The fourth-order valence-corrected chi connectivity index (χ4v) is 1.71. The van der Waals surface area contributed by atoms with Crippen molar-refractivity contribution in [2.45, 2.75) is 12.1 Å². The Morgan fingerprint density at radius 3 is 2.86 bits per heavy atom. The van der Waals surface area contributed by atoms with Crippen LogP contribution in [0.2, 0.25) is 0 Å². The molecule has 4 heteroatoms. The van der Waals surface area contributed by atoms with Crippen molar-refractivity contribution in [2.24, 2.45) is 0 Å². The lowest BCUT2D eigenvalue weighted by Crippen LogP contribution is -2.28. The van der Waals surface area contributed by atoms with Crippen molar-refractivity contribution in [3.63, 3.8) is 0 Å². The van der Waals surface area contributed by atoms with E-state index in [9.17, 15) is 9.90 Å². The number of aromatic hydroxyl groups is 1. The molecule has 1 saturated heterocycles. The SMILES string of the molecule is O=CC1NCNC1c1ccccc1O. The maximum Gasteiger partial charge on any atom is 0.138 e. The lowest BCUT2D eigenvalue weighted by Gasteiger charge is -2.15. The topological polar surface area (TPSA) is 61.4 Å². The summed E-state index contributed by atoms with van der Waals surface area (Å²) < 4.78 is 0. The highest BCUT2D eigenvalue weighted by Crippen LogP contribution is 2.26. The van der Waals surface area contributed by atoms with Crippen molar-refractivity contribution in [2.75, 3.05) is 6.67 Å². The van der Waals surface area contributed by atoms with Crippen LogP contribution in [0.5, 0.6) is 5.75 Å². The Labute approximate surface area is 81.9 Å². The van der Waals surface area contributed by atoms with Gasteiger partial charge in [0.05, 0.1) is 12.1 Å². The minimum absolute atomic E-state index is 0.131. The summed E-state index contributed by atoms with van der Waals surface area (Å²) in [6.45, 7) is 0.586. The summed E-state index contributed by atoms with van der Waals surface area (Å²) in [7, 11) is 0. The van der Waals surface area contributed by atoms with Gasteiger partial charge in [-0.1, -0.05) is 18.2 Å². The Bertz CT molecular complexity index is 341. The van der Waals surface area contributed by atoms with Crippen molar-refractivity contribution in [1.82, 2.24) is 10.6 Å². The van der Waals surface area contributed by atoms with Crippen LogP contribution in [0.1, 0.15) is 11.6 Å². The average Bonchev–Trinajstić information content (AvgIpc) is 2.66. The van der Waals surface area contributed by atoms with Crippen LogP contribution in [-0.2, 0) is 4.79 Å². The fraction of sp³-hybridized carbons (Fsp3) is 0.300. The van der Waals surface area contributed by atoms with Crippen molar-refractivity contribution in [1.29, 1.82) is 0 Å². The highest BCUT2D eigenvalue weighted by Gasteiger charge is 2.28. The van der Waals surface area contributed by atoms with E-state index in [2.05, 4.69) is 10.6 Å². The molecule has 0 amide bonds. The molecule has 1 fully saturated rings. The number of carbonyl (C=O) groups excluding carboxylic acids is 1. The molecule has 0 aliphatic carbocycles. The first-order valence-electron chi connectivity index (χ1n) is 4.53. The summed E-state index contributed by atoms with van der Waals surface area (Å²) in [6, 6.07) is 6.65. The molecule has 14 heavy (non-hydrogen) atoms. The molecule has 1 aliphatic heterocycles. The van der Waals surface area contributed by atoms with Crippen molar-refractivity contribution < 1.29 is 9.90 Å². The van der Waals surface area contributed by atoms with Crippen LogP contribution in [0.3, 0.4) is 0 Å². The third kappa shape index (κ3) is 1.49. The predicted molar refractivity (Wildman–Crippen MR) is 51.8 cm³/mol. The minimum Gasteiger partial charge on any atom is -0.508 e. The molecule has 0 saturated carbocycles. The normalized spacial score (nSPS) is 26.3. The molecule has 2 unspecified atom stereocenters. The van der Waals surface area contributed by atoms with E-state index in [1.165, 1.54) is 0 Å². The number of para-hydroxylation sites is 1. The van der Waals surface area contributed by atoms with Crippen molar-refractivity contribution in [3.8, 4) is 5.75 Å². The number of benzene rings is 1. The van der Waals surface area contributed by atoms with Crippen LogP contribution in [0.15, 0.2) is 24.3 Å². The van der Waals surface area contributed by atoms with E-state index < -0.39 is 0 Å². The number of carbonyl (C=O) groups is 1. The van der Waals surface area contributed by atoms with Crippen molar-refractivity contribution in [3.05, 3.63) is 29.8 Å². The third-order valence-electron chi connectivity index (χ3n) is 2.44. The molecule has 1 aliphatic rings. The number of phenols is 1. The second kappa shape index (κ2) is 3.77. The fourth-order valence-electron chi connectivity index (χ4n) is 1.71. The molecule has 2 rings (SSSR count). The number of rotatable bonds is 2. The van der Waals surface area contributed by atoms with Gasteiger partial charge in [0.15, 0.2) is 0 Å². The van der Waals surface area contributed by atoms with Gasteiger partial charge in [0.2, 0.25) is 0 Å². The zero-order valence-electron chi connectivity index (χ0n) is 7.60. The molecule has 1 aromatic rings. The summed E-state index contributed by atoms with van der Waals surface area (Å²) >= 11 is 0. The molecule has 2 atom stereocenters. The van der Waals surface area contributed by atoms with E-state index >= 15 is 0 Å². The van der Waals surface area contributed by atoms with Gasteiger partial charge in [0, 0.05) is 12.2 Å². The number of phenolic OH excluding ortho intramolecular Hbond substituents is 1. The molecule has 74 valence electrons. The summed E-state index contributed by atoms with van der Waals surface area (Å²) in [5.41, 5.74) is 0.759. The number of nitrogens with one attached hydrogen (secondary N) is 2. The molecule has 3 N–H and O–H groups in total. The van der Waals surface area contributed by atoms with Gasteiger partial charge in [-0.15, -0.1) is 0 Å². The first-order chi connectivity index (χ1) is 6.83. The predicted octanol–water partition coefficient (Wildman–Crippen LogP) is 0.151. The van der Waals surface area contributed by atoms with E-state index in [4.69, 9.17) is 0 Å². The summed E-state index contributed by atoms with van der Waals surface area (Å²) in [5.74, 6) is 0.223. The summed E-state index contributed by atoms with van der Waals surface area (Å²) in [6.07, 6.45) is 0.858. The second-order valence-corrected chi connectivity index (χ2v) is 3.28. The molecule has 1 aromatic carbocycles. The third-order valence-corrected chi connectivity index (χ3v) is 2.44. The van der Waals surface area contributed by atoms with Gasteiger partial charge in [0.25, 0.3) is 0 Å². The largest absolute Gasteiger partial charge is 0.508 e. The van der Waals surface area contributed by atoms with Gasteiger partial charge in [-0.2, -0.15) is 0 Å². The van der Waals surface area contributed by atoms with E-state index in [0.717, 1.165) is 11.8 Å². The molecule has 0 spiro atoms. The van der Waals surface area contributed by atoms with Crippen LogP contribution >= 0.6 is 0 Å². The Kier molecular flexibility index (Phi) is 2.47. The van der Waals surface area contributed by atoms with E-state index in [0.29, 0.717) is 6.67 Å². The first kappa shape index (κ1) is 9.18. The smallest absolute Gasteiger partial charge is 0.138 e. The van der Waals surface area contributed by atoms with Gasteiger partial charge in [0.1, 0.15) is 12.0 Å². The Hall–Kier alpha value is -1.39. The van der Waals surface area contributed by atoms with Gasteiger partial charge in [-0.3, -0.25) is 10.6 Å². The second-order valence-electron chi connectivity index (χ2n) is 3.28. The van der Waals surface area contributed by atoms with Gasteiger partial charge < -0.3 is 9.90 Å². The Morgan fingerprint density at radius 1 is 1.36 bits per heavy atom. The zero-order chi connectivity index (χ0) is 9.97. The van der Waals surface area contributed by atoms with Gasteiger partial charge in [-0.05, 0) is 6.07 Å². The molecule has 4 nitrogen and oxygen atoms in total. The summed E-state index contributed by atoms with van der Waals surface area (Å²) in [5, 5.41) is 15.7. The van der Waals surface area contributed by atoms with Crippen LogP contribution in [0, 0.1) is 0 Å². The molecule has 0 aromatic heterocycles. The lowest BCUT2D eigenvalue weighted by molar-refractivity contribution is -0.109. The van der Waals surface area contributed by atoms with Crippen molar-refractivity contribution >= 4 is 6.29 Å². The average molecular weight is 192 g/mol. The van der Waals surface area contributed by atoms with E-state index in [1.807, 2.05) is 12.1 Å². The zero-order valence-corrected chi connectivity index (χ0v) is 7.60. The van der Waals surface area contributed by atoms with E-state index in [1.54, 1.807) is 12.1 Å². The number of hydrogen-bond donors (Lipinski definition) is 3. The van der Waals surface area contributed by atoms with Gasteiger partial charge >= 0.3 is 0 Å². The maximum absolute atomic E-state index is 10.7. The minimum atomic E-state index is -0.261. The highest BCUT2D eigenvalue weighted by molar-refractivity contribution is 5.61. The highest BCUT2D eigenvalue weighted by atomic mass is 16.3. The molecular formula is C10H12N2O2. The standard InChI is InChI=1S/C10H12N2O2/c13-5-8-10(12-6-11-8)7-3-1-2-4-9(7)14/h1-5,8,10-12,14H,6H2. The number of aldehydes is 1. The van der Waals surface area contributed by atoms with E-state index in [-0.39, 0.29) is 17.8 Å². The lowest BCUT2D eigenvalue weighted by atomic mass is 10.0.